The Labute approximate surface area is 154 Å². The van der Waals surface area contributed by atoms with Gasteiger partial charge in [0.05, 0.1) is 12.6 Å². The molecule has 0 bridgehead atoms. The van der Waals surface area contributed by atoms with E-state index in [9.17, 15) is 4.79 Å². The van der Waals surface area contributed by atoms with E-state index in [2.05, 4.69) is 83.4 Å². The Bertz CT molecular complexity index is 749. The first kappa shape index (κ1) is 17.2. The summed E-state index contributed by atoms with van der Waals surface area (Å²) in [6.07, 6.45) is 0. The minimum atomic E-state index is 0.0797. The summed E-state index contributed by atoms with van der Waals surface area (Å²) < 4.78 is 0. The van der Waals surface area contributed by atoms with Gasteiger partial charge in [-0.15, -0.1) is 0 Å². The maximum absolute atomic E-state index is 12.7. The molecule has 3 N–H and O–H groups in total. The highest BCUT2D eigenvalue weighted by molar-refractivity contribution is 5.79. The lowest BCUT2D eigenvalue weighted by molar-refractivity contribution is -0.123. The minimum Gasteiger partial charge on any atom is -0.349 e. The number of fused-ring (bicyclic) bond motifs is 3. The molecule has 1 saturated heterocycles. The number of hydrogen-bond donors (Lipinski definition) is 3. The molecule has 2 aromatic carbocycles. The van der Waals surface area contributed by atoms with Crippen LogP contribution in [0.15, 0.2) is 48.5 Å². The molecular weight excluding hydrogens is 324 g/mol. The van der Waals surface area contributed by atoms with Crippen LogP contribution in [0.5, 0.6) is 0 Å². The van der Waals surface area contributed by atoms with Gasteiger partial charge in [0, 0.05) is 25.2 Å². The molecule has 0 aromatic heterocycles. The molecule has 4 rings (SSSR count). The van der Waals surface area contributed by atoms with Gasteiger partial charge in [-0.25, -0.2) is 0 Å². The summed E-state index contributed by atoms with van der Waals surface area (Å²) in [5.74, 6) is 0.0797. The van der Waals surface area contributed by atoms with E-state index in [1.54, 1.807) is 0 Å². The fourth-order valence-corrected chi connectivity index (χ4v) is 4.05. The second-order valence-electron chi connectivity index (χ2n) is 7.42. The van der Waals surface area contributed by atoms with Crippen LogP contribution in [0.2, 0.25) is 0 Å². The van der Waals surface area contributed by atoms with Crippen molar-refractivity contribution in [3.8, 4) is 11.1 Å². The third-order valence-corrected chi connectivity index (χ3v) is 5.42. The van der Waals surface area contributed by atoms with Crippen LogP contribution in [-0.4, -0.2) is 35.5 Å². The number of amides is 1. The Morgan fingerprint density at radius 3 is 2.00 bits per heavy atom. The number of nitrogens with zero attached hydrogens (tertiary/aromatic N) is 1. The van der Waals surface area contributed by atoms with E-state index in [1.807, 2.05) is 0 Å². The van der Waals surface area contributed by atoms with Crippen LogP contribution in [0, 0.1) is 0 Å². The SMILES string of the molecule is CC1NNC(C)C1NC(=O)CN1Cc2ccccc2-c2ccccc2C1. The molecule has 2 unspecified atom stereocenters. The largest absolute Gasteiger partial charge is 0.349 e. The van der Waals surface area contributed by atoms with Gasteiger partial charge < -0.3 is 5.32 Å². The van der Waals surface area contributed by atoms with E-state index in [0.29, 0.717) is 6.54 Å². The van der Waals surface area contributed by atoms with Gasteiger partial charge in [0.15, 0.2) is 0 Å². The molecule has 2 heterocycles. The molecule has 2 atom stereocenters. The fourth-order valence-electron chi connectivity index (χ4n) is 4.05. The zero-order valence-corrected chi connectivity index (χ0v) is 15.3. The first-order chi connectivity index (χ1) is 12.6. The van der Waals surface area contributed by atoms with Crippen molar-refractivity contribution in [3.05, 3.63) is 59.7 Å². The van der Waals surface area contributed by atoms with Crippen LogP contribution in [0.1, 0.15) is 25.0 Å². The normalized spacial score (nSPS) is 25.2. The van der Waals surface area contributed by atoms with E-state index >= 15 is 0 Å². The van der Waals surface area contributed by atoms with Crippen LogP contribution in [0.25, 0.3) is 11.1 Å². The Hall–Kier alpha value is -2.21. The van der Waals surface area contributed by atoms with Crippen LogP contribution in [0.4, 0.5) is 0 Å². The van der Waals surface area contributed by atoms with E-state index in [0.717, 1.165) is 13.1 Å². The predicted molar refractivity (Wildman–Crippen MR) is 103 cm³/mol. The van der Waals surface area contributed by atoms with E-state index < -0.39 is 0 Å². The first-order valence-electron chi connectivity index (χ1n) is 9.31. The molecule has 5 nitrogen and oxygen atoms in total. The molecule has 2 aromatic rings. The second kappa shape index (κ2) is 7.19. The zero-order chi connectivity index (χ0) is 18.1. The molecule has 0 radical (unpaired) electrons. The van der Waals surface area contributed by atoms with Crippen molar-refractivity contribution in [3.63, 3.8) is 0 Å². The van der Waals surface area contributed by atoms with Crippen molar-refractivity contribution >= 4 is 5.91 Å². The van der Waals surface area contributed by atoms with Crippen molar-refractivity contribution in [2.75, 3.05) is 6.54 Å². The molecule has 1 amide bonds. The lowest BCUT2D eigenvalue weighted by Gasteiger charge is -2.24. The van der Waals surface area contributed by atoms with Gasteiger partial charge in [0.2, 0.25) is 5.91 Å². The summed E-state index contributed by atoms with van der Waals surface area (Å²) in [6, 6.07) is 17.5. The van der Waals surface area contributed by atoms with E-state index in [1.165, 1.54) is 22.3 Å². The van der Waals surface area contributed by atoms with Gasteiger partial charge >= 0.3 is 0 Å². The Kier molecular flexibility index (Phi) is 4.76. The minimum absolute atomic E-state index is 0.0797. The molecular formula is C21H26N4O. The van der Waals surface area contributed by atoms with E-state index in [4.69, 9.17) is 0 Å². The summed E-state index contributed by atoms with van der Waals surface area (Å²) in [4.78, 5) is 14.9. The van der Waals surface area contributed by atoms with Crippen LogP contribution >= 0.6 is 0 Å². The molecule has 136 valence electrons. The molecule has 2 aliphatic rings. The number of carbonyl (C=O) groups is 1. The Balaban J connectivity index is 1.52. The van der Waals surface area contributed by atoms with Crippen molar-refractivity contribution in [2.45, 2.75) is 45.1 Å². The number of rotatable bonds is 3. The molecule has 2 aliphatic heterocycles. The molecule has 1 fully saturated rings. The fraction of sp³-hybridized carbons (Fsp3) is 0.381. The van der Waals surface area contributed by atoms with Crippen molar-refractivity contribution in [1.82, 2.24) is 21.1 Å². The van der Waals surface area contributed by atoms with Gasteiger partial charge in [0.1, 0.15) is 0 Å². The quantitative estimate of drug-likeness (QED) is 0.793. The van der Waals surface area contributed by atoms with Gasteiger partial charge in [-0.3, -0.25) is 20.5 Å². The zero-order valence-electron chi connectivity index (χ0n) is 15.3. The van der Waals surface area contributed by atoms with Gasteiger partial charge in [-0.05, 0) is 36.1 Å². The number of hydrazine groups is 1. The monoisotopic (exact) mass is 350 g/mol. The Morgan fingerprint density at radius 2 is 1.46 bits per heavy atom. The van der Waals surface area contributed by atoms with Crippen molar-refractivity contribution in [2.24, 2.45) is 0 Å². The average molecular weight is 350 g/mol. The second-order valence-corrected chi connectivity index (χ2v) is 7.42. The maximum atomic E-state index is 12.7. The third kappa shape index (κ3) is 3.38. The summed E-state index contributed by atoms with van der Waals surface area (Å²) >= 11 is 0. The molecule has 0 aliphatic carbocycles. The summed E-state index contributed by atoms with van der Waals surface area (Å²) in [6.45, 7) is 6.13. The summed E-state index contributed by atoms with van der Waals surface area (Å²) in [5.41, 5.74) is 11.5. The third-order valence-electron chi connectivity index (χ3n) is 5.42. The molecule has 26 heavy (non-hydrogen) atoms. The smallest absolute Gasteiger partial charge is 0.234 e. The molecule has 0 saturated carbocycles. The van der Waals surface area contributed by atoms with Gasteiger partial charge in [-0.2, -0.15) is 0 Å². The standard InChI is InChI=1S/C21H26N4O/c1-14-21(15(2)24-23-14)22-20(26)13-25-11-16-7-3-5-9-18(16)19-10-6-4-8-17(19)12-25/h3-10,14-15,21,23-24H,11-13H2,1-2H3,(H,22,26). The summed E-state index contributed by atoms with van der Waals surface area (Å²) in [7, 11) is 0. The number of carbonyl (C=O) groups excluding carboxylic acids is 1. The highest BCUT2D eigenvalue weighted by atomic mass is 16.2. The van der Waals surface area contributed by atoms with Crippen molar-refractivity contribution in [1.29, 1.82) is 0 Å². The van der Waals surface area contributed by atoms with Crippen molar-refractivity contribution < 1.29 is 4.79 Å². The summed E-state index contributed by atoms with van der Waals surface area (Å²) in [5, 5.41) is 3.19. The van der Waals surface area contributed by atoms with Crippen LogP contribution in [-0.2, 0) is 17.9 Å². The Morgan fingerprint density at radius 1 is 0.962 bits per heavy atom. The van der Waals surface area contributed by atoms with E-state index in [-0.39, 0.29) is 24.0 Å². The van der Waals surface area contributed by atoms with Gasteiger partial charge in [-0.1, -0.05) is 48.5 Å². The molecule has 0 spiro atoms. The highest BCUT2D eigenvalue weighted by Crippen LogP contribution is 2.32. The average Bonchev–Trinajstić information content (AvgIpc) is 2.86. The lowest BCUT2D eigenvalue weighted by Crippen LogP contribution is -2.49. The number of benzene rings is 2. The maximum Gasteiger partial charge on any atom is 0.234 e. The lowest BCUT2D eigenvalue weighted by atomic mass is 9.97. The first-order valence-corrected chi connectivity index (χ1v) is 9.31. The molecule has 5 heteroatoms. The number of hydrogen-bond acceptors (Lipinski definition) is 4. The van der Waals surface area contributed by atoms with Crippen LogP contribution in [0.3, 0.4) is 0 Å². The number of nitrogens with one attached hydrogen (secondary N) is 3. The van der Waals surface area contributed by atoms with Gasteiger partial charge in [0.25, 0.3) is 0 Å². The topological polar surface area (TPSA) is 56.4 Å². The highest BCUT2D eigenvalue weighted by Gasteiger charge is 2.31. The van der Waals surface area contributed by atoms with Crippen LogP contribution < -0.4 is 16.2 Å². The predicted octanol–water partition coefficient (Wildman–Crippen LogP) is 2.04.